The normalized spacial score (nSPS) is 11.8. The van der Waals surface area contributed by atoms with E-state index in [9.17, 15) is 9.59 Å². The number of ether oxygens (including phenoxy) is 1. The van der Waals surface area contributed by atoms with Crippen LogP contribution in [0.15, 0.2) is 85.1 Å². The van der Waals surface area contributed by atoms with Gasteiger partial charge >= 0.3 is 5.97 Å². The minimum atomic E-state index is -1.07. The van der Waals surface area contributed by atoms with Crippen molar-refractivity contribution in [3.63, 3.8) is 0 Å². The standard InChI is InChI=1S/C23H20N2O3/c1-17-10-12-20(13-11-17)25-23(27)22(18-7-3-2-4-8-18)28-21(26)15-14-19-9-5-6-16-24-19/h2-16,22H,1H3,(H,25,27). The number of pyridine rings is 1. The summed E-state index contributed by atoms with van der Waals surface area (Å²) in [4.78, 5) is 29.2. The monoisotopic (exact) mass is 372 g/mol. The second kappa shape index (κ2) is 9.28. The van der Waals surface area contributed by atoms with Crippen molar-refractivity contribution in [1.29, 1.82) is 0 Å². The van der Waals surface area contributed by atoms with Gasteiger partial charge < -0.3 is 10.1 Å². The SMILES string of the molecule is Cc1ccc(NC(=O)C(OC(=O)C=Cc2ccccn2)c2ccccc2)cc1. The number of esters is 1. The number of anilines is 1. The van der Waals surface area contributed by atoms with Crippen molar-refractivity contribution in [3.05, 3.63) is 102 Å². The van der Waals surface area contributed by atoms with Gasteiger partial charge in [-0.25, -0.2) is 4.79 Å². The Bertz CT molecular complexity index is 952. The van der Waals surface area contributed by atoms with Crippen LogP contribution in [-0.2, 0) is 14.3 Å². The maximum atomic E-state index is 12.8. The van der Waals surface area contributed by atoms with E-state index in [-0.39, 0.29) is 0 Å². The first-order chi connectivity index (χ1) is 13.6. The van der Waals surface area contributed by atoms with Crippen LogP contribution in [0.5, 0.6) is 0 Å². The average Bonchev–Trinajstić information content (AvgIpc) is 2.73. The molecular weight excluding hydrogens is 352 g/mol. The van der Waals surface area contributed by atoms with E-state index in [0.717, 1.165) is 5.56 Å². The number of rotatable bonds is 6. The fraction of sp³-hybridized carbons (Fsp3) is 0.0870. The molecule has 0 aliphatic rings. The number of hydrogen-bond acceptors (Lipinski definition) is 4. The van der Waals surface area contributed by atoms with Crippen molar-refractivity contribution in [3.8, 4) is 0 Å². The summed E-state index contributed by atoms with van der Waals surface area (Å²) in [5.74, 6) is -1.05. The molecule has 0 aliphatic carbocycles. The smallest absolute Gasteiger partial charge is 0.331 e. The van der Waals surface area contributed by atoms with Crippen molar-refractivity contribution < 1.29 is 14.3 Å². The number of nitrogens with one attached hydrogen (secondary N) is 1. The Labute approximate surface area is 163 Å². The molecule has 2 aromatic carbocycles. The largest absolute Gasteiger partial charge is 0.444 e. The first kappa shape index (κ1) is 19.0. The third-order valence-corrected chi connectivity index (χ3v) is 3.97. The summed E-state index contributed by atoms with van der Waals surface area (Å²) in [5, 5.41) is 2.79. The summed E-state index contributed by atoms with van der Waals surface area (Å²) in [6, 6.07) is 21.7. The second-order valence-electron chi connectivity index (χ2n) is 6.17. The molecule has 1 N–H and O–H groups in total. The van der Waals surface area contributed by atoms with Gasteiger partial charge in [0.15, 0.2) is 0 Å². The molecule has 140 valence electrons. The zero-order valence-electron chi connectivity index (χ0n) is 15.4. The lowest BCUT2D eigenvalue weighted by molar-refractivity contribution is -0.149. The van der Waals surface area contributed by atoms with Gasteiger partial charge in [-0.2, -0.15) is 0 Å². The highest BCUT2D eigenvalue weighted by Gasteiger charge is 2.24. The van der Waals surface area contributed by atoms with E-state index in [2.05, 4.69) is 10.3 Å². The first-order valence-corrected chi connectivity index (χ1v) is 8.84. The number of amides is 1. The molecule has 3 rings (SSSR count). The third-order valence-electron chi connectivity index (χ3n) is 3.97. The van der Waals surface area contributed by atoms with E-state index in [0.29, 0.717) is 16.9 Å². The molecule has 28 heavy (non-hydrogen) atoms. The summed E-state index contributed by atoms with van der Waals surface area (Å²) in [6.07, 6.45) is 3.37. The summed E-state index contributed by atoms with van der Waals surface area (Å²) >= 11 is 0. The van der Waals surface area contributed by atoms with Gasteiger partial charge in [-0.05, 0) is 37.3 Å². The van der Waals surface area contributed by atoms with Crippen LogP contribution in [0.25, 0.3) is 6.08 Å². The topological polar surface area (TPSA) is 68.3 Å². The zero-order chi connectivity index (χ0) is 19.8. The van der Waals surface area contributed by atoms with Gasteiger partial charge in [-0.15, -0.1) is 0 Å². The molecular formula is C23H20N2O3. The van der Waals surface area contributed by atoms with Gasteiger partial charge in [0, 0.05) is 23.5 Å². The Morgan fingerprint density at radius 2 is 1.68 bits per heavy atom. The first-order valence-electron chi connectivity index (χ1n) is 8.84. The zero-order valence-corrected chi connectivity index (χ0v) is 15.4. The third kappa shape index (κ3) is 5.38. The van der Waals surface area contributed by atoms with Crippen molar-refractivity contribution >= 4 is 23.6 Å². The predicted molar refractivity (Wildman–Crippen MR) is 108 cm³/mol. The summed E-state index contributed by atoms with van der Waals surface area (Å²) in [7, 11) is 0. The number of aryl methyl sites for hydroxylation is 1. The molecule has 0 aliphatic heterocycles. The Morgan fingerprint density at radius 1 is 0.964 bits per heavy atom. The molecule has 0 bridgehead atoms. The number of aromatic nitrogens is 1. The summed E-state index contributed by atoms with van der Waals surface area (Å²) in [5.41, 5.74) is 2.94. The lowest BCUT2D eigenvalue weighted by atomic mass is 10.1. The molecule has 1 heterocycles. The highest BCUT2D eigenvalue weighted by Crippen LogP contribution is 2.21. The molecule has 3 aromatic rings. The van der Waals surface area contributed by atoms with Gasteiger partial charge in [0.1, 0.15) is 0 Å². The molecule has 5 nitrogen and oxygen atoms in total. The Balaban J connectivity index is 1.75. The van der Waals surface area contributed by atoms with Crippen LogP contribution >= 0.6 is 0 Å². The van der Waals surface area contributed by atoms with Crippen molar-refractivity contribution in [2.75, 3.05) is 5.32 Å². The highest BCUT2D eigenvalue weighted by molar-refractivity contribution is 5.97. The van der Waals surface area contributed by atoms with E-state index in [1.54, 1.807) is 60.8 Å². The quantitative estimate of drug-likeness (QED) is 0.517. The highest BCUT2D eigenvalue weighted by atomic mass is 16.5. The number of hydrogen-bond donors (Lipinski definition) is 1. The molecule has 1 atom stereocenters. The lowest BCUT2D eigenvalue weighted by Crippen LogP contribution is -2.25. The number of carbonyl (C=O) groups is 2. The van der Waals surface area contributed by atoms with Crippen LogP contribution in [0.4, 0.5) is 5.69 Å². The van der Waals surface area contributed by atoms with Gasteiger partial charge in [-0.3, -0.25) is 9.78 Å². The van der Waals surface area contributed by atoms with Crippen LogP contribution < -0.4 is 5.32 Å². The van der Waals surface area contributed by atoms with Crippen molar-refractivity contribution in [1.82, 2.24) is 4.98 Å². The second-order valence-corrected chi connectivity index (χ2v) is 6.17. The molecule has 1 aromatic heterocycles. The molecule has 0 fully saturated rings. The van der Waals surface area contributed by atoms with Crippen LogP contribution in [0.1, 0.15) is 22.9 Å². The van der Waals surface area contributed by atoms with Crippen molar-refractivity contribution in [2.45, 2.75) is 13.0 Å². The molecule has 0 spiro atoms. The van der Waals surface area contributed by atoms with E-state index in [1.165, 1.54) is 6.08 Å². The van der Waals surface area contributed by atoms with E-state index < -0.39 is 18.0 Å². The van der Waals surface area contributed by atoms with Gasteiger partial charge in [0.25, 0.3) is 5.91 Å². The molecule has 1 amide bonds. The molecule has 0 saturated carbocycles. The Morgan fingerprint density at radius 3 is 2.36 bits per heavy atom. The minimum absolute atomic E-state index is 0.422. The van der Waals surface area contributed by atoms with E-state index in [1.807, 2.05) is 31.2 Å². The predicted octanol–water partition coefficient (Wildman–Crippen LogP) is 4.33. The van der Waals surface area contributed by atoms with Gasteiger partial charge in [-0.1, -0.05) is 54.1 Å². The maximum Gasteiger partial charge on any atom is 0.331 e. The number of benzene rings is 2. The Hall–Kier alpha value is -3.73. The number of nitrogens with zero attached hydrogens (tertiary/aromatic N) is 1. The molecule has 0 saturated heterocycles. The maximum absolute atomic E-state index is 12.8. The van der Waals surface area contributed by atoms with Crippen LogP contribution in [0, 0.1) is 6.92 Å². The fourth-order valence-corrected chi connectivity index (χ4v) is 2.53. The van der Waals surface area contributed by atoms with E-state index in [4.69, 9.17) is 4.74 Å². The molecule has 0 radical (unpaired) electrons. The van der Waals surface area contributed by atoms with E-state index >= 15 is 0 Å². The minimum Gasteiger partial charge on any atom is -0.444 e. The Kier molecular flexibility index (Phi) is 6.31. The lowest BCUT2D eigenvalue weighted by Gasteiger charge is -2.17. The number of carbonyl (C=O) groups excluding carboxylic acids is 2. The fourth-order valence-electron chi connectivity index (χ4n) is 2.53. The average molecular weight is 372 g/mol. The van der Waals surface area contributed by atoms with Gasteiger partial charge in [0.05, 0.1) is 5.69 Å². The van der Waals surface area contributed by atoms with Crippen molar-refractivity contribution in [2.24, 2.45) is 0 Å². The summed E-state index contributed by atoms with van der Waals surface area (Å²) in [6.45, 7) is 1.97. The summed E-state index contributed by atoms with van der Waals surface area (Å²) < 4.78 is 5.45. The van der Waals surface area contributed by atoms with Crippen LogP contribution in [-0.4, -0.2) is 16.9 Å². The van der Waals surface area contributed by atoms with Crippen LogP contribution in [0.2, 0.25) is 0 Å². The molecule has 5 heteroatoms. The molecule has 1 unspecified atom stereocenters. The van der Waals surface area contributed by atoms with Crippen LogP contribution in [0.3, 0.4) is 0 Å². The van der Waals surface area contributed by atoms with Gasteiger partial charge in [0.2, 0.25) is 6.10 Å².